The van der Waals surface area contributed by atoms with Crippen LogP contribution in [0.2, 0.25) is 0 Å². The molecule has 13 heteroatoms. The summed E-state index contributed by atoms with van der Waals surface area (Å²) >= 11 is 0. The van der Waals surface area contributed by atoms with Crippen molar-refractivity contribution in [1.82, 2.24) is 4.90 Å². The van der Waals surface area contributed by atoms with Gasteiger partial charge in [0.2, 0.25) is 5.96 Å². The van der Waals surface area contributed by atoms with Gasteiger partial charge in [-0.05, 0) is 48.4 Å². The summed E-state index contributed by atoms with van der Waals surface area (Å²) in [4.78, 5) is 39.6. The lowest BCUT2D eigenvalue weighted by atomic mass is 9.88. The molecule has 2 amide bonds. The fourth-order valence-electron chi connectivity index (χ4n) is 4.19. The van der Waals surface area contributed by atoms with E-state index in [-0.39, 0.29) is 40.1 Å². The smallest absolute Gasteiger partial charge is 0.416 e. The highest BCUT2D eigenvalue weighted by Crippen LogP contribution is 2.42. The molecule has 198 valence electrons. The van der Waals surface area contributed by atoms with E-state index in [1.165, 1.54) is 31.2 Å². The van der Waals surface area contributed by atoms with Crippen LogP contribution in [0.25, 0.3) is 0 Å². The molecule has 3 N–H and O–H groups in total. The molecule has 38 heavy (non-hydrogen) atoms. The number of carbonyl (C=O) groups is 3. The second kappa shape index (κ2) is 10.6. The first-order valence-corrected chi connectivity index (χ1v) is 10.9. The second-order valence-electron chi connectivity index (χ2n) is 8.09. The Kier molecular flexibility index (Phi) is 7.76. The number of primary amides is 1. The third-order valence-corrected chi connectivity index (χ3v) is 5.90. The molecule has 1 aliphatic rings. The lowest BCUT2D eigenvalue weighted by molar-refractivity contribution is -0.140. The average Bonchev–Trinajstić information content (AvgIpc) is 2.87. The van der Waals surface area contributed by atoms with Crippen molar-refractivity contribution in [3.63, 3.8) is 0 Å². The van der Waals surface area contributed by atoms with Gasteiger partial charge < -0.3 is 15.2 Å². The van der Waals surface area contributed by atoms with E-state index in [4.69, 9.17) is 20.6 Å². The number of halogens is 3. The van der Waals surface area contributed by atoms with Crippen LogP contribution in [0.3, 0.4) is 0 Å². The quantitative estimate of drug-likeness (QED) is 0.562. The van der Waals surface area contributed by atoms with Gasteiger partial charge in [-0.25, -0.2) is 9.59 Å². The number of hydrogen-bond acceptors (Lipinski definition) is 7. The number of allylic oxidation sites excluding steroid dienone is 1. The molecular formula is C25H22F3N5O5. The number of amides is 2. The lowest BCUT2D eigenvalue weighted by Gasteiger charge is -2.43. The van der Waals surface area contributed by atoms with Gasteiger partial charge in [0.25, 0.3) is 0 Å². The first-order chi connectivity index (χ1) is 17.8. The van der Waals surface area contributed by atoms with Gasteiger partial charge in [0.05, 0.1) is 43.4 Å². The third kappa shape index (κ3) is 5.15. The molecule has 0 saturated carbocycles. The zero-order valence-corrected chi connectivity index (χ0v) is 20.4. The number of nitrogens with zero attached hydrogens (tertiary/aromatic N) is 3. The molecule has 2 aromatic rings. The Balaban J connectivity index is 2.36. The largest absolute Gasteiger partial charge is 0.469 e. The van der Waals surface area contributed by atoms with E-state index < -0.39 is 41.7 Å². The van der Waals surface area contributed by atoms with Crippen molar-refractivity contribution in [1.29, 1.82) is 10.7 Å². The van der Waals surface area contributed by atoms with Crippen LogP contribution >= 0.6 is 0 Å². The number of methoxy groups -OCH3 is 2. The molecule has 1 aliphatic heterocycles. The number of anilines is 1. The van der Waals surface area contributed by atoms with Crippen molar-refractivity contribution in [3.05, 3.63) is 76.0 Å². The van der Waals surface area contributed by atoms with Crippen molar-refractivity contribution in [3.8, 4) is 6.07 Å². The van der Waals surface area contributed by atoms with E-state index in [1.807, 2.05) is 6.07 Å². The molecular weight excluding hydrogens is 507 g/mol. The summed E-state index contributed by atoms with van der Waals surface area (Å²) < 4.78 is 49.9. The van der Waals surface area contributed by atoms with Gasteiger partial charge >= 0.3 is 24.1 Å². The molecule has 0 unspecified atom stereocenters. The fourth-order valence-corrected chi connectivity index (χ4v) is 4.19. The van der Waals surface area contributed by atoms with Crippen LogP contribution in [0.15, 0.2) is 53.7 Å². The predicted molar refractivity (Wildman–Crippen MR) is 127 cm³/mol. The Labute approximate surface area is 215 Å². The Hall–Kier alpha value is -4.86. The molecule has 0 aromatic heterocycles. The molecule has 0 radical (unpaired) electrons. The predicted octanol–water partition coefficient (Wildman–Crippen LogP) is 3.62. The summed E-state index contributed by atoms with van der Waals surface area (Å²) in [5.74, 6) is -2.30. The Morgan fingerprint density at radius 3 is 2.37 bits per heavy atom. The maximum Gasteiger partial charge on any atom is 0.416 e. The molecule has 1 heterocycles. The number of ether oxygens (including phenoxy) is 2. The minimum Gasteiger partial charge on any atom is -0.469 e. The van der Waals surface area contributed by atoms with Crippen molar-refractivity contribution in [2.24, 2.45) is 5.73 Å². The maximum absolute atomic E-state index is 13.4. The number of rotatable bonds is 5. The highest BCUT2D eigenvalue weighted by Gasteiger charge is 2.44. The highest BCUT2D eigenvalue weighted by atomic mass is 19.4. The van der Waals surface area contributed by atoms with Gasteiger partial charge in [0.1, 0.15) is 6.04 Å². The summed E-state index contributed by atoms with van der Waals surface area (Å²) in [6.45, 7) is 1.37. The topological polar surface area (TPSA) is 150 Å². The number of urea groups is 1. The lowest BCUT2D eigenvalue weighted by Crippen LogP contribution is -2.55. The van der Waals surface area contributed by atoms with Gasteiger partial charge in [-0.1, -0.05) is 12.1 Å². The minimum atomic E-state index is -4.70. The number of nitrogens with two attached hydrogens (primary N) is 1. The molecule has 2 aromatic carbocycles. The zero-order chi connectivity index (χ0) is 28.4. The summed E-state index contributed by atoms with van der Waals surface area (Å²) in [6, 6.07) is 7.41. The van der Waals surface area contributed by atoms with Crippen LogP contribution in [-0.4, -0.2) is 43.0 Å². The molecule has 0 spiro atoms. The van der Waals surface area contributed by atoms with Crippen LogP contribution in [0, 0.1) is 16.7 Å². The number of alkyl halides is 3. The first-order valence-electron chi connectivity index (χ1n) is 10.9. The second-order valence-corrected chi connectivity index (χ2v) is 8.09. The number of hydrogen-bond donors (Lipinski definition) is 2. The fraction of sp³-hybridized carbons (Fsp3) is 0.240. The van der Waals surface area contributed by atoms with Crippen LogP contribution in [0.1, 0.15) is 35.2 Å². The Morgan fingerprint density at radius 2 is 1.82 bits per heavy atom. The molecule has 0 fully saturated rings. The van der Waals surface area contributed by atoms with Gasteiger partial charge in [0, 0.05) is 11.4 Å². The monoisotopic (exact) mass is 529 g/mol. The molecule has 10 nitrogen and oxygen atoms in total. The van der Waals surface area contributed by atoms with E-state index in [0.717, 1.165) is 37.3 Å². The van der Waals surface area contributed by atoms with Crippen LogP contribution in [-0.2, 0) is 31.7 Å². The molecule has 1 atom stereocenters. The number of nitriles is 1. The van der Waals surface area contributed by atoms with Crippen molar-refractivity contribution >= 4 is 29.6 Å². The number of nitrogens with one attached hydrogen (secondary N) is 1. The summed E-state index contributed by atoms with van der Waals surface area (Å²) in [5, 5.41) is 18.1. The zero-order valence-electron chi connectivity index (χ0n) is 20.4. The SMILES string of the molecule is COC(=O)Cc1cc(C#N)ccc1[C@@H]1C(C(=O)OC)=C(C)N(c2cccc(C(F)(F)F)c2)C(=N)N1C(N)=O. The summed E-state index contributed by atoms with van der Waals surface area (Å²) in [6.07, 6.45) is -5.06. The van der Waals surface area contributed by atoms with Gasteiger partial charge in [-0.2, -0.15) is 18.4 Å². The normalized spacial score (nSPS) is 15.7. The van der Waals surface area contributed by atoms with E-state index in [9.17, 15) is 32.8 Å². The molecule has 3 rings (SSSR count). The number of benzene rings is 2. The number of carbonyl (C=O) groups excluding carboxylic acids is 3. The van der Waals surface area contributed by atoms with Gasteiger partial charge in [0.15, 0.2) is 0 Å². The van der Waals surface area contributed by atoms with Crippen LogP contribution in [0.4, 0.5) is 23.7 Å². The minimum absolute atomic E-state index is 0.0166. The number of esters is 2. The van der Waals surface area contributed by atoms with Crippen molar-refractivity contribution < 1.29 is 37.0 Å². The van der Waals surface area contributed by atoms with Gasteiger partial charge in [-0.3, -0.25) is 20.0 Å². The molecule has 0 saturated heterocycles. The van der Waals surface area contributed by atoms with Crippen LogP contribution < -0.4 is 10.6 Å². The molecule has 0 aliphatic carbocycles. The third-order valence-electron chi connectivity index (χ3n) is 5.90. The first kappa shape index (κ1) is 27.7. The molecule has 0 bridgehead atoms. The van der Waals surface area contributed by atoms with Crippen molar-refractivity contribution in [2.45, 2.75) is 25.6 Å². The Morgan fingerprint density at radius 1 is 1.13 bits per heavy atom. The summed E-state index contributed by atoms with van der Waals surface area (Å²) in [5.41, 5.74) is 4.72. The maximum atomic E-state index is 13.4. The summed E-state index contributed by atoms with van der Waals surface area (Å²) in [7, 11) is 2.22. The average molecular weight is 529 g/mol. The van der Waals surface area contributed by atoms with E-state index >= 15 is 0 Å². The van der Waals surface area contributed by atoms with Gasteiger partial charge in [-0.15, -0.1) is 0 Å². The van der Waals surface area contributed by atoms with E-state index in [2.05, 4.69) is 0 Å². The Bertz CT molecular complexity index is 1400. The highest BCUT2D eigenvalue weighted by molar-refractivity contribution is 6.10. The van der Waals surface area contributed by atoms with E-state index in [1.54, 1.807) is 0 Å². The van der Waals surface area contributed by atoms with Crippen molar-refractivity contribution in [2.75, 3.05) is 19.1 Å². The number of guanidine groups is 1. The van der Waals surface area contributed by atoms with E-state index in [0.29, 0.717) is 4.90 Å². The standard InChI is InChI=1S/C25H22F3N5O5/c1-13-20(22(35)38-3)21(18-8-7-14(12-29)9-15(18)10-19(34)37-2)33(24(31)36)23(30)32(13)17-6-4-5-16(11-17)25(26,27)28/h4-9,11,21,30H,10H2,1-3H3,(H2,31,36)/t21-/m1/s1. The van der Waals surface area contributed by atoms with Crippen LogP contribution in [0.5, 0.6) is 0 Å².